The van der Waals surface area contributed by atoms with Crippen LogP contribution in [0.2, 0.25) is 0 Å². The van der Waals surface area contributed by atoms with Gasteiger partial charge in [-0.05, 0) is 6.07 Å². The van der Waals surface area contributed by atoms with Crippen LogP contribution in [0.15, 0.2) is 17.1 Å². The Kier molecular flexibility index (Phi) is 5.68. The minimum absolute atomic E-state index is 0.181. The second kappa shape index (κ2) is 7.15. The molecule has 2 heterocycles. The van der Waals surface area contributed by atoms with Crippen molar-refractivity contribution in [2.75, 3.05) is 5.73 Å². The molecule has 7 N–H and O–H groups in total. The van der Waals surface area contributed by atoms with Crippen LogP contribution in [-0.2, 0) is 27.7 Å². The maximum absolute atomic E-state index is 11.8. The van der Waals surface area contributed by atoms with Crippen molar-refractivity contribution >= 4 is 27.4 Å². The van der Waals surface area contributed by atoms with E-state index >= 15 is 0 Å². The highest BCUT2D eigenvalue weighted by Gasteiger charge is 2.53. The molecule has 17 heteroatoms. The summed E-state index contributed by atoms with van der Waals surface area (Å²) < 4.78 is 35.5. The molecular formula is C9H13N3O12P2. The third-order valence-electron chi connectivity index (χ3n) is 3.04. The molecule has 146 valence electrons. The molecule has 1 saturated heterocycles. The SMILES string of the molecule is Nc1ccn([C@@H]2O[C@H](C(=O)OP(=O)(O)O)[C@@H](OP(=O)(O)O)[C@H]2O)c(=O)n1. The van der Waals surface area contributed by atoms with E-state index in [4.69, 9.17) is 30.0 Å². The van der Waals surface area contributed by atoms with Crippen molar-refractivity contribution in [3.63, 3.8) is 0 Å². The Morgan fingerprint density at radius 3 is 2.38 bits per heavy atom. The zero-order valence-corrected chi connectivity index (χ0v) is 14.2. The van der Waals surface area contributed by atoms with E-state index in [0.29, 0.717) is 4.57 Å². The molecule has 26 heavy (non-hydrogen) atoms. The average Bonchev–Trinajstić information content (AvgIpc) is 2.73. The lowest BCUT2D eigenvalue weighted by molar-refractivity contribution is -0.153. The summed E-state index contributed by atoms with van der Waals surface area (Å²) in [4.78, 5) is 62.1. The molecule has 0 bridgehead atoms. The van der Waals surface area contributed by atoms with E-state index in [1.807, 2.05) is 0 Å². The van der Waals surface area contributed by atoms with E-state index in [-0.39, 0.29) is 5.82 Å². The first-order valence-corrected chi connectivity index (χ1v) is 9.56. The van der Waals surface area contributed by atoms with E-state index < -0.39 is 51.8 Å². The highest BCUT2D eigenvalue weighted by atomic mass is 31.2. The van der Waals surface area contributed by atoms with Crippen LogP contribution in [0.5, 0.6) is 0 Å². The van der Waals surface area contributed by atoms with Crippen molar-refractivity contribution in [2.24, 2.45) is 0 Å². The average molecular weight is 417 g/mol. The number of nitrogens with zero attached hydrogens (tertiary/aromatic N) is 2. The fourth-order valence-electron chi connectivity index (χ4n) is 2.13. The van der Waals surface area contributed by atoms with Crippen molar-refractivity contribution in [3.05, 3.63) is 22.7 Å². The molecule has 0 aromatic carbocycles. The van der Waals surface area contributed by atoms with Crippen molar-refractivity contribution < 1.29 is 52.4 Å². The first kappa shape index (κ1) is 20.6. The number of nitrogen functional groups attached to an aromatic ring is 1. The summed E-state index contributed by atoms with van der Waals surface area (Å²) in [5, 5.41) is 10.2. The molecule has 0 saturated carbocycles. The second-order valence-corrected chi connectivity index (χ2v) is 7.30. The number of carbonyl (C=O) groups is 1. The standard InChI is InChI=1S/C9H13N3O12P2/c10-3-1-2-12(9(15)11-3)7-4(13)5(23-25(16,17)18)6(22-7)8(14)24-26(19,20)21/h1-2,4-7,13H,(H2,10,11,15)(H2,16,17,18)(H2,19,20,21)/t4-,5+,6+,7-/m1/s1. The van der Waals surface area contributed by atoms with E-state index in [9.17, 15) is 23.8 Å². The smallest absolute Gasteiger partial charge is 0.386 e. The predicted molar refractivity (Wildman–Crippen MR) is 77.9 cm³/mol. The number of nitrogens with two attached hydrogens (primary N) is 1. The summed E-state index contributed by atoms with van der Waals surface area (Å²) in [5.74, 6) is -1.96. The minimum Gasteiger partial charge on any atom is -0.386 e. The molecule has 1 aromatic heterocycles. The van der Waals surface area contributed by atoms with Crippen LogP contribution >= 0.6 is 15.6 Å². The molecule has 1 aromatic rings. The third-order valence-corrected chi connectivity index (χ3v) is 3.97. The lowest BCUT2D eigenvalue weighted by Gasteiger charge is -2.20. The Labute approximate surface area is 143 Å². The Morgan fingerprint density at radius 2 is 1.88 bits per heavy atom. The number of ether oxygens (including phenoxy) is 1. The minimum atomic E-state index is -5.34. The molecule has 0 unspecified atom stereocenters. The Balaban J connectivity index is 2.39. The summed E-state index contributed by atoms with van der Waals surface area (Å²) in [6, 6.07) is 1.12. The number of phosphoric acid groups is 2. The maximum Gasteiger partial charge on any atom is 0.527 e. The van der Waals surface area contributed by atoms with Crippen LogP contribution in [0, 0.1) is 0 Å². The van der Waals surface area contributed by atoms with E-state index in [1.54, 1.807) is 0 Å². The van der Waals surface area contributed by atoms with Crippen LogP contribution in [0.1, 0.15) is 6.23 Å². The van der Waals surface area contributed by atoms with Gasteiger partial charge >= 0.3 is 27.3 Å². The molecule has 0 spiro atoms. The van der Waals surface area contributed by atoms with Crippen LogP contribution in [0.25, 0.3) is 0 Å². The normalized spacial score (nSPS) is 26.7. The second-order valence-electron chi connectivity index (χ2n) is 4.94. The van der Waals surface area contributed by atoms with Crippen molar-refractivity contribution in [2.45, 2.75) is 24.5 Å². The van der Waals surface area contributed by atoms with Gasteiger partial charge in [-0.3, -0.25) is 18.9 Å². The lowest BCUT2D eigenvalue weighted by Crippen LogP contribution is -2.39. The number of aromatic nitrogens is 2. The molecule has 0 aliphatic carbocycles. The number of hydrogen-bond acceptors (Lipinski definition) is 10. The maximum atomic E-state index is 11.8. The van der Waals surface area contributed by atoms with E-state index in [1.165, 1.54) is 0 Å². The van der Waals surface area contributed by atoms with E-state index in [2.05, 4.69) is 14.0 Å². The van der Waals surface area contributed by atoms with Gasteiger partial charge in [0.1, 0.15) is 18.0 Å². The predicted octanol–water partition coefficient (Wildman–Crippen LogP) is -2.80. The molecule has 15 nitrogen and oxygen atoms in total. The van der Waals surface area contributed by atoms with Gasteiger partial charge < -0.3 is 29.9 Å². The van der Waals surface area contributed by atoms with Crippen molar-refractivity contribution in [1.29, 1.82) is 0 Å². The summed E-state index contributed by atoms with van der Waals surface area (Å²) in [6.45, 7) is 0. The number of phosphoric ester groups is 2. The molecule has 1 fully saturated rings. The quantitative estimate of drug-likeness (QED) is 0.265. The lowest BCUT2D eigenvalue weighted by atomic mass is 10.1. The zero-order valence-electron chi connectivity index (χ0n) is 12.4. The van der Waals surface area contributed by atoms with Gasteiger partial charge in [0, 0.05) is 6.20 Å². The highest BCUT2D eigenvalue weighted by molar-refractivity contribution is 7.47. The fraction of sp³-hybridized carbons (Fsp3) is 0.444. The Hall–Kier alpha value is -1.67. The molecule has 0 amide bonds. The van der Waals surface area contributed by atoms with Gasteiger partial charge in [-0.1, -0.05) is 0 Å². The van der Waals surface area contributed by atoms with Gasteiger partial charge in [0.2, 0.25) is 0 Å². The van der Waals surface area contributed by atoms with Crippen LogP contribution in [0.3, 0.4) is 0 Å². The van der Waals surface area contributed by atoms with E-state index in [0.717, 1.165) is 12.3 Å². The largest absolute Gasteiger partial charge is 0.527 e. The third kappa shape index (κ3) is 4.94. The molecule has 0 radical (unpaired) electrons. The van der Waals surface area contributed by atoms with Gasteiger partial charge in [-0.15, -0.1) is 0 Å². The van der Waals surface area contributed by atoms with Crippen LogP contribution in [-0.4, -0.2) is 58.5 Å². The highest BCUT2D eigenvalue weighted by Crippen LogP contribution is 2.45. The molecular weight excluding hydrogens is 404 g/mol. The van der Waals surface area contributed by atoms with Crippen LogP contribution < -0.4 is 11.4 Å². The molecule has 1 aliphatic rings. The van der Waals surface area contributed by atoms with Gasteiger partial charge in [0.15, 0.2) is 12.3 Å². The summed E-state index contributed by atoms with van der Waals surface area (Å²) in [6.07, 6.45) is -7.07. The number of hydrogen-bond donors (Lipinski definition) is 6. The fourth-order valence-corrected chi connectivity index (χ4v) is 3.02. The summed E-state index contributed by atoms with van der Waals surface area (Å²) in [5.41, 5.74) is 4.25. The van der Waals surface area contributed by atoms with Crippen molar-refractivity contribution in [1.82, 2.24) is 9.55 Å². The molecule has 1 aliphatic heterocycles. The van der Waals surface area contributed by atoms with Crippen molar-refractivity contribution in [3.8, 4) is 0 Å². The number of aliphatic hydroxyl groups is 1. The van der Waals surface area contributed by atoms with Gasteiger partial charge in [0.05, 0.1) is 0 Å². The number of rotatable bonds is 5. The first-order valence-electron chi connectivity index (χ1n) is 6.49. The number of aliphatic hydroxyl groups excluding tert-OH is 1. The Morgan fingerprint density at radius 1 is 1.27 bits per heavy atom. The Bertz CT molecular complexity index is 845. The molecule has 2 rings (SSSR count). The van der Waals surface area contributed by atoms with Gasteiger partial charge in [-0.2, -0.15) is 4.98 Å². The topological polar surface area (TPSA) is 241 Å². The summed E-state index contributed by atoms with van der Waals surface area (Å²) >= 11 is 0. The number of anilines is 1. The van der Waals surface area contributed by atoms with Gasteiger partial charge in [0.25, 0.3) is 0 Å². The zero-order chi connectivity index (χ0) is 19.9. The summed E-state index contributed by atoms with van der Waals surface area (Å²) in [7, 11) is -10.6. The first-order chi connectivity index (χ1) is 11.8. The van der Waals surface area contributed by atoms with Crippen LogP contribution in [0.4, 0.5) is 5.82 Å². The monoisotopic (exact) mass is 417 g/mol. The molecule has 4 atom stereocenters. The number of carbonyl (C=O) groups excluding carboxylic acids is 1. The van der Waals surface area contributed by atoms with Gasteiger partial charge in [-0.25, -0.2) is 18.7 Å².